The van der Waals surface area contributed by atoms with Crippen LogP contribution < -0.4 is 10.6 Å². The Morgan fingerprint density at radius 3 is 3.00 bits per heavy atom. The fourth-order valence-corrected chi connectivity index (χ4v) is 2.39. The van der Waals surface area contributed by atoms with Crippen LogP contribution >= 0.6 is 0 Å². The molecule has 1 aromatic heterocycles. The number of H-pyrrole nitrogens is 1. The summed E-state index contributed by atoms with van der Waals surface area (Å²) in [5.41, 5.74) is 1.53. The second-order valence-corrected chi connectivity index (χ2v) is 4.82. The van der Waals surface area contributed by atoms with E-state index in [1.54, 1.807) is 6.07 Å². The highest BCUT2D eigenvalue weighted by Gasteiger charge is 2.13. The van der Waals surface area contributed by atoms with Crippen molar-refractivity contribution >= 4 is 17.0 Å². The third kappa shape index (κ3) is 2.46. The van der Waals surface area contributed by atoms with Crippen molar-refractivity contribution in [3.63, 3.8) is 0 Å². The molecule has 1 fully saturated rings. The number of aromatic nitrogens is 2. The van der Waals surface area contributed by atoms with Gasteiger partial charge in [0.15, 0.2) is 0 Å². The first-order chi connectivity index (χ1) is 8.81. The third-order valence-corrected chi connectivity index (χ3v) is 3.46. The highest BCUT2D eigenvalue weighted by atomic mass is 19.1. The number of piperidine rings is 1. The van der Waals surface area contributed by atoms with Crippen LogP contribution in [-0.2, 0) is 0 Å². The Morgan fingerprint density at radius 1 is 1.33 bits per heavy atom. The molecule has 0 aliphatic carbocycles. The Kier molecular flexibility index (Phi) is 3.15. The second kappa shape index (κ2) is 4.94. The number of halogens is 1. The van der Waals surface area contributed by atoms with Crippen LogP contribution in [0.1, 0.15) is 12.8 Å². The fraction of sp³-hybridized carbons (Fsp3) is 0.462. The lowest BCUT2D eigenvalue weighted by atomic mass is 9.98. The molecule has 0 atom stereocenters. The lowest BCUT2D eigenvalue weighted by molar-refractivity contribution is 0.389. The highest BCUT2D eigenvalue weighted by molar-refractivity contribution is 5.77. The van der Waals surface area contributed by atoms with E-state index in [0.717, 1.165) is 36.6 Å². The lowest BCUT2D eigenvalue weighted by Gasteiger charge is -2.22. The van der Waals surface area contributed by atoms with Gasteiger partial charge in [-0.05, 0) is 50.0 Å². The van der Waals surface area contributed by atoms with E-state index in [9.17, 15) is 4.39 Å². The van der Waals surface area contributed by atoms with E-state index >= 15 is 0 Å². The number of nitrogens with one attached hydrogen (secondary N) is 3. The predicted molar refractivity (Wildman–Crippen MR) is 70.1 cm³/mol. The molecule has 3 N–H and O–H groups in total. The number of fused-ring (bicyclic) bond motifs is 1. The average Bonchev–Trinajstić information content (AvgIpc) is 2.79. The molecule has 0 unspecified atom stereocenters. The maximum absolute atomic E-state index is 13.0. The second-order valence-electron chi connectivity index (χ2n) is 4.82. The van der Waals surface area contributed by atoms with Gasteiger partial charge < -0.3 is 15.6 Å². The molecule has 18 heavy (non-hydrogen) atoms. The van der Waals surface area contributed by atoms with Crippen molar-refractivity contribution in [3.8, 4) is 0 Å². The molecular weight excluding hydrogens is 231 g/mol. The molecule has 1 aromatic carbocycles. The van der Waals surface area contributed by atoms with Gasteiger partial charge in [0, 0.05) is 6.54 Å². The quantitative estimate of drug-likeness (QED) is 0.779. The van der Waals surface area contributed by atoms with Gasteiger partial charge in [-0.25, -0.2) is 9.37 Å². The minimum atomic E-state index is -0.240. The summed E-state index contributed by atoms with van der Waals surface area (Å²) in [7, 11) is 0. The van der Waals surface area contributed by atoms with Gasteiger partial charge in [-0.15, -0.1) is 0 Å². The maximum atomic E-state index is 13.0. The first-order valence-electron chi connectivity index (χ1n) is 6.41. The largest absolute Gasteiger partial charge is 0.356 e. The van der Waals surface area contributed by atoms with Gasteiger partial charge in [0.1, 0.15) is 5.82 Å². The van der Waals surface area contributed by atoms with E-state index < -0.39 is 0 Å². The SMILES string of the molecule is Fc1ccc2nc(NCC3CCNCC3)[nH]c2c1. The number of rotatable bonds is 3. The number of hydrogen-bond acceptors (Lipinski definition) is 3. The number of benzene rings is 1. The first-order valence-corrected chi connectivity index (χ1v) is 6.41. The van der Waals surface area contributed by atoms with E-state index in [2.05, 4.69) is 20.6 Å². The molecule has 4 nitrogen and oxygen atoms in total. The molecule has 3 rings (SSSR count). The van der Waals surface area contributed by atoms with Crippen LogP contribution in [0.5, 0.6) is 0 Å². The zero-order valence-corrected chi connectivity index (χ0v) is 10.2. The van der Waals surface area contributed by atoms with E-state index in [1.807, 2.05) is 0 Å². The minimum absolute atomic E-state index is 0.240. The zero-order valence-electron chi connectivity index (χ0n) is 10.2. The standard InChI is InChI=1S/C13H17FN4/c14-10-1-2-11-12(7-10)18-13(17-11)16-8-9-3-5-15-6-4-9/h1-2,7,9,15H,3-6,8H2,(H2,16,17,18). The minimum Gasteiger partial charge on any atom is -0.356 e. The summed E-state index contributed by atoms with van der Waals surface area (Å²) in [5.74, 6) is 1.18. The predicted octanol–water partition coefficient (Wildman–Crippen LogP) is 2.11. The van der Waals surface area contributed by atoms with Gasteiger partial charge in [-0.2, -0.15) is 0 Å². The number of imidazole rings is 1. The van der Waals surface area contributed by atoms with Gasteiger partial charge in [-0.1, -0.05) is 0 Å². The van der Waals surface area contributed by atoms with Crippen LogP contribution in [0.4, 0.5) is 10.3 Å². The van der Waals surface area contributed by atoms with Crippen molar-refractivity contribution in [3.05, 3.63) is 24.0 Å². The van der Waals surface area contributed by atoms with E-state index in [0.29, 0.717) is 5.92 Å². The Labute approximate surface area is 105 Å². The molecule has 0 saturated carbocycles. The van der Waals surface area contributed by atoms with Crippen LogP contribution in [0.15, 0.2) is 18.2 Å². The van der Waals surface area contributed by atoms with Crippen molar-refractivity contribution in [2.45, 2.75) is 12.8 Å². The van der Waals surface area contributed by atoms with Crippen molar-refractivity contribution < 1.29 is 4.39 Å². The summed E-state index contributed by atoms with van der Waals surface area (Å²) < 4.78 is 13.0. The molecule has 1 aliphatic rings. The van der Waals surface area contributed by atoms with Crippen LogP contribution in [0.2, 0.25) is 0 Å². The van der Waals surface area contributed by atoms with Gasteiger partial charge >= 0.3 is 0 Å². The Hall–Kier alpha value is -1.62. The van der Waals surface area contributed by atoms with Crippen LogP contribution in [-0.4, -0.2) is 29.6 Å². The summed E-state index contributed by atoms with van der Waals surface area (Å²) in [5, 5.41) is 6.65. The molecule has 2 aromatic rings. The summed E-state index contributed by atoms with van der Waals surface area (Å²) in [6, 6.07) is 4.59. The monoisotopic (exact) mass is 248 g/mol. The van der Waals surface area contributed by atoms with Crippen LogP contribution in [0.3, 0.4) is 0 Å². The van der Waals surface area contributed by atoms with Crippen LogP contribution in [0.25, 0.3) is 11.0 Å². The van der Waals surface area contributed by atoms with E-state index in [-0.39, 0.29) is 5.82 Å². The maximum Gasteiger partial charge on any atom is 0.201 e. The number of hydrogen-bond donors (Lipinski definition) is 3. The molecule has 5 heteroatoms. The fourth-order valence-electron chi connectivity index (χ4n) is 2.39. The third-order valence-electron chi connectivity index (χ3n) is 3.46. The van der Waals surface area contributed by atoms with Gasteiger partial charge in [0.05, 0.1) is 11.0 Å². The normalized spacial score (nSPS) is 17.2. The summed E-state index contributed by atoms with van der Waals surface area (Å²) in [6.07, 6.45) is 2.39. The molecular formula is C13H17FN4. The van der Waals surface area contributed by atoms with Crippen molar-refractivity contribution in [1.29, 1.82) is 0 Å². The summed E-state index contributed by atoms with van der Waals surface area (Å²) in [6.45, 7) is 3.11. The molecule has 96 valence electrons. The Bertz CT molecular complexity index is 531. The molecule has 0 radical (unpaired) electrons. The van der Waals surface area contributed by atoms with E-state index in [4.69, 9.17) is 0 Å². The molecule has 1 aliphatic heterocycles. The highest BCUT2D eigenvalue weighted by Crippen LogP contribution is 2.17. The molecule has 0 amide bonds. The molecule has 1 saturated heterocycles. The topological polar surface area (TPSA) is 52.7 Å². The Balaban J connectivity index is 1.67. The van der Waals surface area contributed by atoms with Crippen LogP contribution in [0, 0.1) is 11.7 Å². The van der Waals surface area contributed by atoms with Gasteiger partial charge in [0.2, 0.25) is 5.95 Å². The van der Waals surface area contributed by atoms with Gasteiger partial charge in [0.25, 0.3) is 0 Å². The lowest BCUT2D eigenvalue weighted by Crippen LogP contribution is -2.31. The molecule has 0 bridgehead atoms. The smallest absolute Gasteiger partial charge is 0.201 e. The molecule has 0 spiro atoms. The number of nitrogens with zero attached hydrogens (tertiary/aromatic N) is 1. The van der Waals surface area contributed by atoms with E-state index in [1.165, 1.54) is 25.0 Å². The van der Waals surface area contributed by atoms with Crippen molar-refractivity contribution in [1.82, 2.24) is 15.3 Å². The zero-order chi connectivity index (χ0) is 12.4. The van der Waals surface area contributed by atoms with Gasteiger partial charge in [-0.3, -0.25) is 0 Å². The summed E-state index contributed by atoms with van der Waals surface area (Å²) >= 11 is 0. The first kappa shape index (κ1) is 11.5. The van der Waals surface area contributed by atoms with Crippen molar-refractivity contribution in [2.24, 2.45) is 5.92 Å². The number of anilines is 1. The van der Waals surface area contributed by atoms with Crippen molar-refractivity contribution in [2.75, 3.05) is 25.0 Å². The number of aromatic amines is 1. The average molecular weight is 248 g/mol. The molecule has 2 heterocycles. The Morgan fingerprint density at radius 2 is 2.17 bits per heavy atom. The summed E-state index contributed by atoms with van der Waals surface area (Å²) in [4.78, 5) is 7.49.